The van der Waals surface area contributed by atoms with Crippen LogP contribution in [0.4, 0.5) is 10.2 Å². The Kier molecular flexibility index (Phi) is 7.63. The zero-order valence-corrected chi connectivity index (χ0v) is 19.5. The van der Waals surface area contributed by atoms with Gasteiger partial charge in [-0.2, -0.15) is 0 Å². The lowest BCUT2D eigenvalue weighted by Crippen LogP contribution is -2.49. The highest BCUT2D eigenvalue weighted by atomic mass is 19.1. The first-order chi connectivity index (χ1) is 14.8. The van der Waals surface area contributed by atoms with E-state index in [4.69, 9.17) is 9.97 Å². The van der Waals surface area contributed by atoms with Crippen molar-refractivity contribution in [3.8, 4) is 0 Å². The summed E-state index contributed by atoms with van der Waals surface area (Å²) in [6.07, 6.45) is 2.09. The van der Waals surface area contributed by atoms with E-state index in [1.165, 1.54) is 12.1 Å². The van der Waals surface area contributed by atoms with Gasteiger partial charge in [-0.1, -0.05) is 46.8 Å². The Balaban J connectivity index is 1.89. The molecule has 1 saturated heterocycles. The van der Waals surface area contributed by atoms with Crippen molar-refractivity contribution in [2.45, 2.75) is 59.8 Å². The van der Waals surface area contributed by atoms with Gasteiger partial charge in [-0.25, -0.2) is 14.4 Å². The molecule has 0 atom stereocenters. The highest BCUT2D eigenvalue weighted by Crippen LogP contribution is 2.28. The average Bonchev–Trinajstić information content (AvgIpc) is 2.74. The maximum atomic E-state index is 13.4. The van der Waals surface area contributed by atoms with Crippen molar-refractivity contribution in [1.82, 2.24) is 14.9 Å². The number of amides is 1. The predicted octanol–water partition coefficient (Wildman–Crippen LogP) is 4.59. The largest absolute Gasteiger partial charge is 0.353 e. The second-order valence-corrected chi connectivity index (χ2v) is 9.11. The van der Waals surface area contributed by atoms with Crippen LogP contribution in [0.5, 0.6) is 0 Å². The minimum atomic E-state index is -0.228. The number of carbonyl (C=O) groups excluding carboxylic acids is 1. The van der Waals surface area contributed by atoms with Gasteiger partial charge in [-0.05, 0) is 30.0 Å². The van der Waals surface area contributed by atoms with Crippen LogP contribution in [0.15, 0.2) is 24.3 Å². The van der Waals surface area contributed by atoms with E-state index in [0.29, 0.717) is 31.8 Å². The van der Waals surface area contributed by atoms with Gasteiger partial charge in [-0.3, -0.25) is 4.79 Å². The second kappa shape index (κ2) is 10.2. The van der Waals surface area contributed by atoms with Crippen LogP contribution in [0.2, 0.25) is 0 Å². The Morgan fingerprint density at radius 3 is 2.23 bits per heavy atom. The van der Waals surface area contributed by atoms with Gasteiger partial charge in [0.15, 0.2) is 0 Å². The molecule has 5 nitrogen and oxygen atoms in total. The monoisotopic (exact) mass is 426 g/mol. The van der Waals surface area contributed by atoms with Crippen molar-refractivity contribution in [2.75, 3.05) is 31.1 Å². The molecule has 0 aliphatic carbocycles. The van der Waals surface area contributed by atoms with Crippen LogP contribution in [0.3, 0.4) is 0 Å². The Morgan fingerprint density at radius 1 is 1.03 bits per heavy atom. The standard InChI is InChI=1S/C25H35FN4O/c1-6-22-21(16-19-7-9-20(26)10-8-19)25(28-24(27-22)18(4)5)30-13-11-29(12-14-30)23(31)15-17(2)3/h7-10,17-18H,6,11-16H2,1-5H3. The lowest BCUT2D eigenvalue weighted by atomic mass is 10.0. The lowest BCUT2D eigenvalue weighted by Gasteiger charge is -2.37. The Hall–Kier alpha value is -2.50. The summed E-state index contributed by atoms with van der Waals surface area (Å²) >= 11 is 0. The van der Waals surface area contributed by atoms with Gasteiger partial charge in [-0.15, -0.1) is 0 Å². The number of benzene rings is 1. The fourth-order valence-corrected chi connectivity index (χ4v) is 3.98. The Labute approximate surface area is 185 Å². The normalized spacial score (nSPS) is 14.6. The lowest BCUT2D eigenvalue weighted by molar-refractivity contribution is -0.132. The van der Waals surface area contributed by atoms with E-state index in [9.17, 15) is 9.18 Å². The Bertz CT molecular complexity index is 887. The van der Waals surface area contributed by atoms with Gasteiger partial charge in [0, 0.05) is 56.2 Å². The molecule has 6 heteroatoms. The number of rotatable bonds is 7. The molecule has 168 valence electrons. The number of nitrogens with zero attached hydrogens (tertiary/aromatic N) is 4. The van der Waals surface area contributed by atoms with E-state index in [0.717, 1.165) is 48.0 Å². The first-order valence-corrected chi connectivity index (χ1v) is 11.4. The minimum Gasteiger partial charge on any atom is -0.353 e. The summed E-state index contributed by atoms with van der Waals surface area (Å²) < 4.78 is 13.4. The number of hydrogen-bond acceptors (Lipinski definition) is 4. The van der Waals surface area contributed by atoms with Gasteiger partial charge in [0.1, 0.15) is 17.5 Å². The summed E-state index contributed by atoms with van der Waals surface area (Å²) in [4.78, 5) is 26.6. The summed E-state index contributed by atoms with van der Waals surface area (Å²) in [5.41, 5.74) is 3.21. The fraction of sp³-hybridized carbons (Fsp3) is 0.560. The first-order valence-electron chi connectivity index (χ1n) is 11.4. The van der Waals surface area contributed by atoms with Crippen molar-refractivity contribution >= 4 is 11.7 Å². The van der Waals surface area contributed by atoms with Gasteiger partial charge >= 0.3 is 0 Å². The highest BCUT2D eigenvalue weighted by Gasteiger charge is 2.26. The van der Waals surface area contributed by atoms with Crippen LogP contribution in [0, 0.1) is 11.7 Å². The molecule has 31 heavy (non-hydrogen) atoms. The molecule has 1 aromatic heterocycles. The molecule has 0 unspecified atom stereocenters. The summed E-state index contributed by atoms with van der Waals surface area (Å²) in [5.74, 6) is 2.44. The SMILES string of the molecule is CCc1nc(C(C)C)nc(N2CCN(C(=O)CC(C)C)CC2)c1Cc1ccc(F)cc1. The molecule has 0 bridgehead atoms. The Morgan fingerprint density at radius 2 is 1.68 bits per heavy atom. The van der Waals surface area contributed by atoms with Gasteiger partial charge < -0.3 is 9.80 Å². The molecule has 2 aromatic rings. The molecule has 3 rings (SSSR count). The van der Waals surface area contributed by atoms with E-state index < -0.39 is 0 Å². The molecule has 1 fully saturated rings. The van der Waals surface area contributed by atoms with E-state index in [1.54, 1.807) is 0 Å². The maximum absolute atomic E-state index is 13.4. The third kappa shape index (κ3) is 5.81. The topological polar surface area (TPSA) is 49.3 Å². The molecule has 1 amide bonds. The molecule has 0 radical (unpaired) electrons. The van der Waals surface area contributed by atoms with E-state index >= 15 is 0 Å². The summed E-state index contributed by atoms with van der Waals surface area (Å²) in [5, 5.41) is 0. The van der Waals surface area contributed by atoms with Crippen LogP contribution in [-0.4, -0.2) is 47.0 Å². The maximum Gasteiger partial charge on any atom is 0.222 e. The molecular weight excluding hydrogens is 391 g/mol. The smallest absolute Gasteiger partial charge is 0.222 e. The molecule has 2 heterocycles. The van der Waals surface area contributed by atoms with Gasteiger partial charge in [0.25, 0.3) is 0 Å². The zero-order chi connectivity index (χ0) is 22.5. The van der Waals surface area contributed by atoms with Crippen molar-refractivity contribution < 1.29 is 9.18 Å². The summed E-state index contributed by atoms with van der Waals surface area (Å²) in [6, 6.07) is 6.67. The molecule has 1 aliphatic rings. The van der Waals surface area contributed by atoms with Crippen molar-refractivity contribution in [3.63, 3.8) is 0 Å². The third-order valence-electron chi connectivity index (χ3n) is 5.75. The number of piperazine rings is 1. The zero-order valence-electron chi connectivity index (χ0n) is 19.5. The number of halogens is 1. The second-order valence-electron chi connectivity index (χ2n) is 9.11. The van der Waals surface area contributed by atoms with Gasteiger partial charge in [0.2, 0.25) is 5.91 Å². The van der Waals surface area contributed by atoms with E-state index in [-0.39, 0.29) is 17.6 Å². The van der Waals surface area contributed by atoms with Crippen LogP contribution >= 0.6 is 0 Å². The number of aromatic nitrogens is 2. The molecule has 1 aliphatic heterocycles. The van der Waals surface area contributed by atoms with Crippen molar-refractivity contribution in [3.05, 3.63) is 52.7 Å². The number of carbonyl (C=O) groups is 1. The number of hydrogen-bond donors (Lipinski definition) is 0. The molecule has 1 aromatic carbocycles. The van der Waals surface area contributed by atoms with Crippen molar-refractivity contribution in [2.24, 2.45) is 5.92 Å². The number of aryl methyl sites for hydroxylation is 1. The number of anilines is 1. The highest BCUT2D eigenvalue weighted by molar-refractivity contribution is 5.76. The van der Waals surface area contributed by atoms with Crippen LogP contribution in [0.25, 0.3) is 0 Å². The summed E-state index contributed by atoms with van der Waals surface area (Å²) in [6.45, 7) is 13.4. The quantitative estimate of drug-likeness (QED) is 0.650. The molecule has 0 saturated carbocycles. The molecular formula is C25H35FN4O. The minimum absolute atomic E-state index is 0.228. The first kappa shape index (κ1) is 23.2. The average molecular weight is 427 g/mol. The predicted molar refractivity (Wildman–Crippen MR) is 123 cm³/mol. The van der Waals surface area contributed by atoms with E-state index in [2.05, 4.69) is 39.5 Å². The fourth-order valence-electron chi connectivity index (χ4n) is 3.98. The third-order valence-corrected chi connectivity index (χ3v) is 5.75. The summed E-state index contributed by atoms with van der Waals surface area (Å²) in [7, 11) is 0. The van der Waals surface area contributed by atoms with Crippen molar-refractivity contribution in [1.29, 1.82) is 0 Å². The van der Waals surface area contributed by atoms with E-state index in [1.807, 2.05) is 17.0 Å². The molecule has 0 N–H and O–H groups in total. The van der Waals surface area contributed by atoms with Crippen LogP contribution in [-0.2, 0) is 17.6 Å². The van der Waals surface area contributed by atoms with Gasteiger partial charge in [0.05, 0.1) is 0 Å². The van der Waals surface area contributed by atoms with Crippen LogP contribution < -0.4 is 4.90 Å². The van der Waals surface area contributed by atoms with Crippen LogP contribution in [0.1, 0.15) is 69.6 Å². The molecule has 0 spiro atoms.